The Labute approximate surface area is 150 Å². The lowest BCUT2D eigenvalue weighted by molar-refractivity contribution is -0.114. The number of nitrogens with zero attached hydrogens (tertiary/aromatic N) is 1. The van der Waals surface area contributed by atoms with Crippen LogP contribution in [0, 0.1) is 0 Å². The molecule has 132 valence electrons. The summed E-state index contributed by atoms with van der Waals surface area (Å²) in [7, 11) is 1.85. The number of carbonyl (C=O) groups excluding carboxylic acids is 3. The van der Waals surface area contributed by atoms with Crippen LogP contribution in [0.3, 0.4) is 0 Å². The third kappa shape index (κ3) is 3.56. The second-order valence-corrected chi connectivity index (χ2v) is 5.84. The van der Waals surface area contributed by atoms with Crippen molar-refractivity contribution >= 4 is 34.3 Å². The van der Waals surface area contributed by atoms with Crippen LogP contribution < -0.4 is 16.2 Å². The zero-order chi connectivity index (χ0) is 18.7. The summed E-state index contributed by atoms with van der Waals surface area (Å²) < 4.78 is 1.85. The van der Waals surface area contributed by atoms with Gasteiger partial charge in [-0.15, -0.1) is 0 Å². The van der Waals surface area contributed by atoms with Gasteiger partial charge in [-0.3, -0.25) is 25.2 Å². The molecule has 0 aliphatic rings. The van der Waals surface area contributed by atoms with E-state index in [4.69, 9.17) is 0 Å². The molecule has 0 bridgehead atoms. The lowest BCUT2D eigenvalue weighted by Crippen LogP contribution is -2.41. The maximum Gasteiger partial charge on any atom is 0.271 e. The number of carbonyl (C=O) groups is 3. The number of nitrogens with one attached hydrogen (secondary N) is 3. The molecule has 0 fully saturated rings. The van der Waals surface area contributed by atoms with Crippen molar-refractivity contribution < 1.29 is 14.4 Å². The smallest absolute Gasteiger partial charge is 0.271 e. The van der Waals surface area contributed by atoms with Gasteiger partial charge < -0.3 is 9.88 Å². The Bertz CT molecular complexity index is 1010. The molecule has 0 spiro atoms. The van der Waals surface area contributed by atoms with E-state index in [1.165, 1.54) is 13.0 Å². The number of hydrazine groups is 1. The van der Waals surface area contributed by atoms with Gasteiger partial charge in [0.25, 0.3) is 11.8 Å². The highest BCUT2D eigenvalue weighted by Crippen LogP contribution is 2.19. The fourth-order valence-corrected chi connectivity index (χ4v) is 2.72. The maximum absolute atomic E-state index is 12.4. The molecule has 3 aromatic rings. The van der Waals surface area contributed by atoms with E-state index in [2.05, 4.69) is 16.2 Å². The highest BCUT2D eigenvalue weighted by Gasteiger charge is 2.15. The van der Waals surface area contributed by atoms with Gasteiger partial charge in [0.15, 0.2) is 0 Å². The number of aryl methyl sites for hydroxylation is 1. The van der Waals surface area contributed by atoms with Crippen molar-refractivity contribution in [2.45, 2.75) is 6.92 Å². The normalized spacial score (nSPS) is 10.4. The monoisotopic (exact) mass is 350 g/mol. The Balaban J connectivity index is 1.71. The summed E-state index contributed by atoms with van der Waals surface area (Å²) in [6.45, 7) is 1.39. The summed E-state index contributed by atoms with van der Waals surface area (Å²) in [5.41, 5.74) is 7.03. The summed E-state index contributed by atoms with van der Waals surface area (Å²) in [6, 6.07) is 13.9. The average molecular weight is 350 g/mol. The van der Waals surface area contributed by atoms with Gasteiger partial charge >= 0.3 is 0 Å². The molecule has 7 nitrogen and oxygen atoms in total. The van der Waals surface area contributed by atoms with Gasteiger partial charge in [-0.05, 0) is 24.3 Å². The number of anilines is 1. The molecule has 0 atom stereocenters. The first-order valence-corrected chi connectivity index (χ1v) is 7.98. The SMILES string of the molecule is CC(=O)Nc1cccc(C(=O)NNC(=O)c2cn(C)c3ccccc23)c1. The minimum atomic E-state index is -0.481. The predicted molar refractivity (Wildman–Crippen MR) is 98.6 cm³/mol. The van der Waals surface area contributed by atoms with Crippen LogP contribution in [-0.2, 0) is 11.8 Å². The standard InChI is InChI=1S/C19H18N4O3/c1-12(24)20-14-7-5-6-13(10-14)18(25)21-22-19(26)16-11-23(2)17-9-4-3-8-15(16)17/h3-11H,1-2H3,(H,20,24)(H,21,25)(H,22,26). The first-order chi connectivity index (χ1) is 12.5. The Morgan fingerprint density at radius 3 is 2.42 bits per heavy atom. The molecule has 0 unspecified atom stereocenters. The quantitative estimate of drug-likeness (QED) is 0.633. The van der Waals surface area contributed by atoms with Crippen molar-refractivity contribution in [2.75, 3.05) is 5.32 Å². The van der Waals surface area contributed by atoms with Crippen molar-refractivity contribution in [1.29, 1.82) is 0 Å². The number of benzene rings is 2. The van der Waals surface area contributed by atoms with Crippen LogP contribution in [0.2, 0.25) is 0 Å². The number of hydrogen-bond donors (Lipinski definition) is 3. The van der Waals surface area contributed by atoms with E-state index >= 15 is 0 Å². The molecule has 2 aromatic carbocycles. The highest BCUT2D eigenvalue weighted by molar-refractivity contribution is 6.08. The zero-order valence-corrected chi connectivity index (χ0v) is 14.4. The van der Waals surface area contributed by atoms with Gasteiger partial charge in [-0.25, -0.2) is 0 Å². The van der Waals surface area contributed by atoms with Crippen molar-refractivity contribution in [3.63, 3.8) is 0 Å². The molecule has 26 heavy (non-hydrogen) atoms. The van der Waals surface area contributed by atoms with Crippen molar-refractivity contribution in [3.05, 3.63) is 65.9 Å². The van der Waals surface area contributed by atoms with Crippen LogP contribution >= 0.6 is 0 Å². The van der Waals surface area contributed by atoms with Gasteiger partial charge in [-0.2, -0.15) is 0 Å². The first-order valence-electron chi connectivity index (χ1n) is 7.98. The second kappa shape index (κ2) is 7.10. The molecule has 0 saturated carbocycles. The average Bonchev–Trinajstić information content (AvgIpc) is 2.96. The van der Waals surface area contributed by atoms with Gasteiger partial charge in [-0.1, -0.05) is 24.3 Å². The third-order valence-electron chi connectivity index (χ3n) is 3.88. The summed E-state index contributed by atoms with van der Waals surface area (Å²) >= 11 is 0. The molecular formula is C19H18N4O3. The van der Waals surface area contributed by atoms with E-state index in [9.17, 15) is 14.4 Å². The molecule has 3 amide bonds. The fourth-order valence-electron chi connectivity index (χ4n) is 2.72. The fraction of sp³-hybridized carbons (Fsp3) is 0.105. The van der Waals surface area contributed by atoms with Crippen LogP contribution in [0.1, 0.15) is 27.6 Å². The molecule has 3 N–H and O–H groups in total. The summed E-state index contributed by atoms with van der Waals surface area (Å²) in [5.74, 6) is -1.12. The van der Waals surface area contributed by atoms with E-state index in [-0.39, 0.29) is 5.91 Å². The Morgan fingerprint density at radius 1 is 0.923 bits per heavy atom. The number of aromatic nitrogens is 1. The molecular weight excluding hydrogens is 332 g/mol. The minimum absolute atomic E-state index is 0.230. The summed E-state index contributed by atoms with van der Waals surface area (Å²) in [6.07, 6.45) is 1.71. The van der Waals surface area contributed by atoms with E-state index in [0.29, 0.717) is 16.8 Å². The highest BCUT2D eigenvalue weighted by atomic mass is 16.2. The topological polar surface area (TPSA) is 92.2 Å². The van der Waals surface area contributed by atoms with Crippen molar-refractivity contribution in [3.8, 4) is 0 Å². The third-order valence-corrected chi connectivity index (χ3v) is 3.88. The largest absolute Gasteiger partial charge is 0.350 e. The molecule has 1 heterocycles. The van der Waals surface area contributed by atoms with Crippen LogP contribution in [0.15, 0.2) is 54.7 Å². The Kier molecular flexibility index (Phi) is 4.70. The van der Waals surface area contributed by atoms with Crippen LogP contribution in [0.5, 0.6) is 0 Å². The molecule has 0 saturated heterocycles. The number of hydrogen-bond acceptors (Lipinski definition) is 3. The molecule has 0 radical (unpaired) electrons. The summed E-state index contributed by atoms with van der Waals surface area (Å²) in [5, 5.41) is 3.40. The van der Waals surface area contributed by atoms with E-state index in [1.807, 2.05) is 35.9 Å². The second-order valence-electron chi connectivity index (χ2n) is 5.84. The number of fused-ring (bicyclic) bond motifs is 1. The zero-order valence-electron chi connectivity index (χ0n) is 14.4. The number of amides is 3. The Morgan fingerprint density at radius 2 is 1.65 bits per heavy atom. The van der Waals surface area contributed by atoms with Gasteiger partial charge in [0, 0.05) is 42.3 Å². The van der Waals surface area contributed by atoms with Crippen LogP contribution in [0.25, 0.3) is 10.9 Å². The molecule has 7 heteroatoms. The van der Waals surface area contributed by atoms with Crippen LogP contribution in [-0.4, -0.2) is 22.3 Å². The maximum atomic E-state index is 12.4. The molecule has 0 aliphatic carbocycles. The first kappa shape index (κ1) is 17.2. The lowest BCUT2D eigenvalue weighted by atomic mass is 10.1. The number of para-hydroxylation sites is 1. The molecule has 3 rings (SSSR count). The van der Waals surface area contributed by atoms with Gasteiger partial charge in [0.1, 0.15) is 0 Å². The van der Waals surface area contributed by atoms with Crippen molar-refractivity contribution in [1.82, 2.24) is 15.4 Å². The minimum Gasteiger partial charge on any atom is -0.350 e. The summed E-state index contributed by atoms with van der Waals surface area (Å²) in [4.78, 5) is 35.8. The van der Waals surface area contributed by atoms with E-state index in [0.717, 1.165) is 10.9 Å². The Hall–Kier alpha value is -3.61. The number of rotatable bonds is 3. The van der Waals surface area contributed by atoms with Gasteiger partial charge in [0.05, 0.1) is 5.56 Å². The lowest BCUT2D eigenvalue weighted by Gasteiger charge is -2.08. The van der Waals surface area contributed by atoms with E-state index in [1.54, 1.807) is 24.4 Å². The molecule has 1 aromatic heterocycles. The van der Waals surface area contributed by atoms with Crippen molar-refractivity contribution in [2.24, 2.45) is 7.05 Å². The van der Waals surface area contributed by atoms with E-state index < -0.39 is 11.8 Å². The van der Waals surface area contributed by atoms with Crippen LogP contribution in [0.4, 0.5) is 5.69 Å². The predicted octanol–water partition coefficient (Wildman–Crippen LogP) is 2.21. The van der Waals surface area contributed by atoms with Gasteiger partial charge in [0.2, 0.25) is 5.91 Å². The molecule has 0 aliphatic heterocycles.